The zero-order valence-corrected chi connectivity index (χ0v) is 22.8. The van der Waals surface area contributed by atoms with Crippen LogP contribution in [0.3, 0.4) is 0 Å². The molecule has 1 aliphatic heterocycles. The third-order valence-electron chi connectivity index (χ3n) is 7.01. The van der Waals surface area contributed by atoms with Gasteiger partial charge < -0.3 is 14.6 Å². The van der Waals surface area contributed by atoms with Crippen LogP contribution >= 0.6 is 0 Å². The average molecular weight is 566 g/mol. The summed E-state index contributed by atoms with van der Waals surface area (Å²) >= 11 is 0. The number of aromatic hydroxyl groups is 1. The molecule has 1 saturated heterocycles. The number of rotatable bonds is 8. The van der Waals surface area contributed by atoms with Crippen LogP contribution in [0.5, 0.6) is 5.88 Å². The van der Waals surface area contributed by atoms with Gasteiger partial charge >= 0.3 is 0 Å². The quantitative estimate of drug-likeness (QED) is 0.313. The van der Waals surface area contributed by atoms with Gasteiger partial charge in [0, 0.05) is 25.5 Å². The fourth-order valence-corrected chi connectivity index (χ4v) is 6.32. The second-order valence-corrected chi connectivity index (χ2v) is 11.4. The van der Waals surface area contributed by atoms with Gasteiger partial charge in [0.25, 0.3) is 5.56 Å². The van der Waals surface area contributed by atoms with Crippen LogP contribution < -0.4 is 5.56 Å². The van der Waals surface area contributed by atoms with Crippen LogP contribution in [0.2, 0.25) is 0 Å². The van der Waals surface area contributed by atoms with E-state index >= 15 is 0 Å². The second-order valence-electron chi connectivity index (χ2n) is 9.48. The molecule has 0 radical (unpaired) electrons. The first-order valence-corrected chi connectivity index (χ1v) is 14.2. The van der Waals surface area contributed by atoms with E-state index in [4.69, 9.17) is 9.47 Å². The van der Waals surface area contributed by atoms with E-state index in [0.717, 1.165) is 12.0 Å². The van der Waals surface area contributed by atoms with E-state index in [1.807, 2.05) is 30.3 Å². The van der Waals surface area contributed by atoms with Gasteiger partial charge in [-0.05, 0) is 54.7 Å². The van der Waals surface area contributed by atoms with Gasteiger partial charge in [-0.3, -0.25) is 9.36 Å². The molecule has 0 spiro atoms. The molecule has 2 aromatic carbocycles. The maximum absolute atomic E-state index is 14.0. The van der Waals surface area contributed by atoms with Gasteiger partial charge in [0.05, 0.1) is 17.5 Å². The first kappa shape index (κ1) is 27.6. The van der Waals surface area contributed by atoms with Crippen molar-refractivity contribution in [2.24, 2.45) is 0 Å². The van der Waals surface area contributed by atoms with E-state index in [2.05, 4.69) is 9.97 Å². The van der Waals surface area contributed by atoms with E-state index in [9.17, 15) is 22.7 Å². The van der Waals surface area contributed by atoms with Gasteiger partial charge in [-0.15, -0.1) is 0 Å². The Morgan fingerprint density at radius 1 is 1.15 bits per heavy atom. The molecular weight excluding hydrogens is 537 g/mol. The summed E-state index contributed by atoms with van der Waals surface area (Å²) in [5.74, 6) is -1.23. The summed E-state index contributed by atoms with van der Waals surface area (Å²) in [6.45, 7) is 2.10. The lowest BCUT2D eigenvalue weighted by molar-refractivity contribution is 0.0925. The molecule has 0 aliphatic carbocycles. The summed E-state index contributed by atoms with van der Waals surface area (Å²) in [5, 5.41) is 11.5. The molecule has 3 heterocycles. The first-order valence-electron chi connectivity index (χ1n) is 12.7. The Labute approximate surface area is 230 Å². The molecule has 208 valence electrons. The van der Waals surface area contributed by atoms with E-state index in [1.54, 1.807) is 13.0 Å². The topological polar surface area (TPSA) is 121 Å². The van der Waals surface area contributed by atoms with Crippen LogP contribution in [0.15, 0.2) is 81.4 Å². The number of nitrogens with zero attached hydrogens (tertiary/aromatic N) is 3. The number of hydrogen-bond donors (Lipinski definition) is 1. The number of ether oxygens (including phenoxy) is 2. The zero-order chi connectivity index (χ0) is 28.4. The predicted octanol–water partition coefficient (Wildman–Crippen LogP) is 4.38. The molecular formula is C29H28FN3O6S. The second kappa shape index (κ2) is 11.3. The summed E-state index contributed by atoms with van der Waals surface area (Å²) in [5.41, 5.74) is 1.07. The summed E-state index contributed by atoms with van der Waals surface area (Å²) in [7, 11) is -3.03. The van der Waals surface area contributed by atoms with Crippen LogP contribution in [-0.4, -0.2) is 48.4 Å². The average Bonchev–Trinajstić information content (AvgIpc) is 3.49. The van der Waals surface area contributed by atoms with Crippen molar-refractivity contribution >= 4 is 9.84 Å². The molecule has 2 atom stereocenters. The van der Waals surface area contributed by atoms with E-state index in [1.165, 1.54) is 42.1 Å². The van der Waals surface area contributed by atoms with Gasteiger partial charge in [0.1, 0.15) is 11.9 Å². The zero-order valence-electron chi connectivity index (χ0n) is 22.0. The van der Waals surface area contributed by atoms with Gasteiger partial charge in [-0.2, -0.15) is 9.37 Å². The van der Waals surface area contributed by atoms with Crippen molar-refractivity contribution in [2.75, 3.05) is 20.3 Å². The highest BCUT2D eigenvalue weighted by molar-refractivity contribution is 7.91. The summed E-state index contributed by atoms with van der Waals surface area (Å²) < 4.78 is 54.1. The van der Waals surface area contributed by atoms with E-state index in [-0.39, 0.29) is 17.3 Å². The first-order chi connectivity index (χ1) is 19.2. The van der Waals surface area contributed by atoms with E-state index in [0.29, 0.717) is 29.7 Å². The number of aromatic nitrogens is 3. The van der Waals surface area contributed by atoms with Crippen molar-refractivity contribution in [3.8, 4) is 17.0 Å². The fraction of sp³-hybridized carbons (Fsp3) is 0.276. The highest BCUT2D eigenvalue weighted by atomic mass is 32.2. The van der Waals surface area contributed by atoms with Crippen LogP contribution in [0.1, 0.15) is 41.9 Å². The molecule has 0 saturated carbocycles. The standard InChI is InChI=1S/C29H28FN3O6S/c1-18-22(14-15-31-26(18)30)19-10-12-21(13-11-19)40(36,37)25-28(34)32-27(24-9-6-16-39-24)33(29(25)35)23(17-38-2)20-7-4-3-5-8-20/h3-5,7-8,10-15,23-24,35H,6,9,16-17H2,1-2H3/t23-,24?/m0/s1. The van der Waals surface area contributed by atoms with Crippen LogP contribution in [-0.2, 0) is 19.3 Å². The molecule has 0 amide bonds. The number of sulfone groups is 1. The molecule has 5 rings (SSSR count). The monoisotopic (exact) mass is 565 g/mol. The van der Waals surface area contributed by atoms with Crippen LogP contribution in [0.4, 0.5) is 4.39 Å². The van der Waals surface area contributed by atoms with Gasteiger partial charge in [-0.25, -0.2) is 13.4 Å². The lowest BCUT2D eigenvalue weighted by Gasteiger charge is -2.27. The molecule has 40 heavy (non-hydrogen) atoms. The normalized spacial score (nSPS) is 16.2. The minimum absolute atomic E-state index is 0.0673. The van der Waals surface area contributed by atoms with Crippen molar-refractivity contribution in [1.82, 2.24) is 14.5 Å². The molecule has 9 nitrogen and oxygen atoms in total. The molecule has 1 N–H and O–H groups in total. The molecule has 1 aliphatic rings. The Kier molecular flexibility index (Phi) is 7.79. The number of hydrogen-bond acceptors (Lipinski definition) is 8. The molecule has 4 aromatic rings. The third kappa shape index (κ3) is 5.03. The molecule has 11 heteroatoms. The predicted molar refractivity (Wildman–Crippen MR) is 144 cm³/mol. The summed E-state index contributed by atoms with van der Waals surface area (Å²) in [4.78, 5) is 20.0. The maximum atomic E-state index is 14.0. The van der Waals surface area contributed by atoms with Gasteiger partial charge in [-0.1, -0.05) is 42.5 Å². The summed E-state index contributed by atoms with van der Waals surface area (Å²) in [6.07, 6.45) is 2.02. The largest absolute Gasteiger partial charge is 0.493 e. The molecule has 2 aromatic heterocycles. The van der Waals surface area contributed by atoms with Crippen molar-refractivity contribution in [3.63, 3.8) is 0 Å². The Balaban J connectivity index is 1.66. The Morgan fingerprint density at radius 2 is 1.88 bits per heavy atom. The lowest BCUT2D eigenvalue weighted by atomic mass is 10.0. The third-order valence-corrected chi connectivity index (χ3v) is 8.80. The maximum Gasteiger partial charge on any atom is 0.296 e. The van der Waals surface area contributed by atoms with Crippen molar-refractivity contribution in [1.29, 1.82) is 0 Å². The van der Waals surface area contributed by atoms with Crippen LogP contribution in [0, 0.1) is 12.9 Å². The van der Waals surface area contributed by atoms with Crippen molar-refractivity contribution in [2.45, 2.75) is 41.7 Å². The smallest absolute Gasteiger partial charge is 0.296 e. The van der Waals surface area contributed by atoms with Crippen LogP contribution in [0.25, 0.3) is 11.1 Å². The van der Waals surface area contributed by atoms with Gasteiger partial charge in [0.2, 0.25) is 21.7 Å². The van der Waals surface area contributed by atoms with Gasteiger partial charge in [0.15, 0.2) is 4.90 Å². The molecule has 1 unspecified atom stereocenters. The van der Waals surface area contributed by atoms with E-state index < -0.39 is 44.3 Å². The number of benzene rings is 2. The minimum atomic E-state index is -4.52. The lowest BCUT2D eigenvalue weighted by Crippen LogP contribution is -2.30. The molecule has 0 bridgehead atoms. The summed E-state index contributed by atoms with van der Waals surface area (Å²) in [6, 6.07) is 15.7. The molecule has 1 fully saturated rings. The highest BCUT2D eigenvalue weighted by Crippen LogP contribution is 2.37. The highest BCUT2D eigenvalue weighted by Gasteiger charge is 2.35. The number of pyridine rings is 1. The SMILES string of the molecule is COC[C@@H](c1ccccc1)n1c(C2CCCO2)nc(=O)c(S(=O)(=O)c2ccc(-c3ccnc(F)c3C)cc2)c1O. The number of methoxy groups -OCH3 is 1. The van der Waals surface area contributed by atoms with Crippen molar-refractivity contribution in [3.05, 3.63) is 100 Å². The Morgan fingerprint density at radius 3 is 2.52 bits per heavy atom. The Hall–Kier alpha value is -3.93. The minimum Gasteiger partial charge on any atom is -0.493 e. The van der Waals surface area contributed by atoms with Crippen molar-refractivity contribution < 1.29 is 27.4 Å². The number of halogens is 1. The fourth-order valence-electron chi connectivity index (χ4n) is 4.98. The Bertz CT molecular complexity index is 1690.